The molecule has 1 saturated heterocycles. The third-order valence-electron chi connectivity index (χ3n) is 7.01. The minimum Gasteiger partial charge on any atom is -0.383 e. The first-order chi connectivity index (χ1) is 15.8. The number of anilines is 1. The Morgan fingerprint density at radius 3 is 2.52 bits per heavy atom. The largest absolute Gasteiger partial charge is 0.383 e. The number of amides is 1. The molecule has 176 valence electrons. The number of hydrogen-bond donors (Lipinski definition) is 2. The molecular weight excluding hydrogens is 414 g/mol. The highest BCUT2D eigenvalue weighted by molar-refractivity contribution is 6.01. The molecule has 4 rings (SSSR count). The van der Waals surface area contributed by atoms with Crippen LogP contribution in [0.3, 0.4) is 0 Å². The summed E-state index contributed by atoms with van der Waals surface area (Å²) in [6.07, 6.45) is 0. The van der Waals surface area contributed by atoms with Crippen LogP contribution < -0.4 is 10.6 Å². The smallest absolute Gasteiger partial charge is 0.272 e. The van der Waals surface area contributed by atoms with Crippen LogP contribution in [-0.4, -0.2) is 60.3 Å². The molecular formula is C26H35N5O2. The van der Waals surface area contributed by atoms with Crippen molar-refractivity contribution in [1.82, 2.24) is 19.8 Å². The van der Waals surface area contributed by atoms with E-state index in [2.05, 4.69) is 61.1 Å². The fourth-order valence-corrected chi connectivity index (χ4v) is 4.65. The molecule has 0 saturated carbocycles. The maximum Gasteiger partial charge on any atom is 0.272 e. The van der Waals surface area contributed by atoms with Gasteiger partial charge in [0, 0.05) is 50.4 Å². The predicted molar refractivity (Wildman–Crippen MR) is 133 cm³/mol. The van der Waals surface area contributed by atoms with Gasteiger partial charge >= 0.3 is 0 Å². The lowest BCUT2D eigenvalue weighted by Gasteiger charge is -2.38. The van der Waals surface area contributed by atoms with Crippen molar-refractivity contribution >= 4 is 22.6 Å². The third kappa shape index (κ3) is 4.35. The first-order valence-corrected chi connectivity index (χ1v) is 11.6. The Bertz CT molecular complexity index is 1160. The lowest BCUT2D eigenvalue weighted by molar-refractivity contribution is 0.0571. The van der Waals surface area contributed by atoms with E-state index in [1.165, 1.54) is 27.9 Å². The van der Waals surface area contributed by atoms with E-state index in [-0.39, 0.29) is 5.91 Å². The number of hydrogen-bond acceptors (Lipinski definition) is 5. The van der Waals surface area contributed by atoms with Crippen molar-refractivity contribution in [2.24, 2.45) is 0 Å². The van der Waals surface area contributed by atoms with Crippen molar-refractivity contribution in [1.29, 1.82) is 0 Å². The third-order valence-corrected chi connectivity index (χ3v) is 7.01. The molecule has 0 radical (unpaired) electrons. The zero-order valence-corrected chi connectivity index (χ0v) is 20.6. The summed E-state index contributed by atoms with van der Waals surface area (Å²) in [5.74, 6) is 0.733. The second-order valence-corrected chi connectivity index (χ2v) is 9.03. The van der Waals surface area contributed by atoms with Crippen molar-refractivity contribution in [3.05, 3.63) is 57.9 Å². The van der Waals surface area contributed by atoms with Crippen molar-refractivity contribution in [3.63, 3.8) is 0 Å². The number of likely N-dealkylation sites (tertiary alicyclic amines) is 1. The Balaban J connectivity index is 1.77. The number of nitrogens with one attached hydrogen (secondary N) is 2. The van der Waals surface area contributed by atoms with E-state index in [9.17, 15) is 4.79 Å². The molecule has 0 unspecified atom stereocenters. The zero-order chi connectivity index (χ0) is 23.7. The predicted octanol–water partition coefficient (Wildman–Crippen LogP) is 3.57. The number of ether oxygens (including phenoxy) is 1. The molecule has 2 aromatic heterocycles. The fourth-order valence-electron chi connectivity index (χ4n) is 4.65. The van der Waals surface area contributed by atoms with Crippen LogP contribution in [-0.2, 0) is 17.8 Å². The number of fused-ring (bicyclic) bond motifs is 1. The van der Waals surface area contributed by atoms with Gasteiger partial charge in [-0.3, -0.25) is 4.79 Å². The molecule has 1 aliphatic rings. The normalized spacial score (nSPS) is 14.1. The van der Waals surface area contributed by atoms with Gasteiger partial charge < -0.3 is 24.8 Å². The summed E-state index contributed by atoms with van der Waals surface area (Å²) < 4.78 is 7.62. The van der Waals surface area contributed by atoms with Gasteiger partial charge in [0.2, 0.25) is 0 Å². The van der Waals surface area contributed by atoms with Gasteiger partial charge in [-0.15, -0.1) is 0 Å². The Hall–Kier alpha value is -2.90. The first kappa shape index (κ1) is 23.3. The number of rotatable bonds is 8. The summed E-state index contributed by atoms with van der Waals surface area (Å²) in [5.41, 5.74) is 7.60. The highest BCUT2D eigenvalue weighted by Gasteiger charge is 2.31. The average molecular weight is 450 g/mol. The van der Waals surface area contributed by atoms with Crippen molar-refractivity contribution in [3.8, 4) is 0 Å². The monoisotopic (exact) mass is 449 g/mol. The van der Waals surface area contributed by atoms with E-state index < -0.39 is 0 Å². The standard InChI is InChI=1S/C26H35N5O2/c1-16-8-7-9-17(2)22(16)13-28-25-24-21(18(3)19(4)31(24)10-11-33-6)12-23(29-25)26(32)30-14-20(15-30)27-5/h7-9,12,20,27H,10-11,13-15H2,1-6H3,(H,28,29). The molecule has 3 heterocycles. The molecule has 1 aromatic carbocycles. The molecule has 0 bridgehead atoms. The molecule has 1 fully saturated rings. The minimum atomic E-state index is -0.0137. The van der Waals surface area contributed by atoms with Crippen LogP contribution in [0.15, 0.2) is 24.3 Å². The Kier molecular flexibility index (Phi) is 6.72. The summed E-state index contributed by atoms with van der Waals surface area (Å²) in [6.45, 7) is 11.9. The molecule has 1 aliphatic heterocycles. The summed E-state index contributed by atoms with van der Waals surface area (Å²) in [7, 11) is 3.65. The number of carbonyl (C=O) groups excluding carboxylic acids is 1. The number of nitrogens with zero attached hydrogens (tertiary/aromatic N) is 3. The van der Waals surface area contributed by atoms with Crippen molar-refractivity contribution in [2.75, 3.05) is 39.2 Å². The van der Waals surface area contributed by atoms with Gasteiger partial charge in [0.15, 0.2) is 5.82 Å². The van der Waals surface area contributed by atoms with Crippen LogP contribution in [0.4, 0.5) is 5.82 Å². The Morgan fingerprint density at radius 1 is 1.18 bits per heavy atom. The number of aromatic nitrogens is 2. The summed E-state index contributed by atoms with van der Waals surface area (Å²) in [5, 5.41) is 7.87. The van der Waals surface area contributed by atoms with E-state index in [4.69, 9.17) is 9.72 Å². The zero-order valence-electron chi connectivity index (χ0n) is 20.6. The average Bonchev–Trinajstić information content (AvgIpc) is 3.01. The number of benzene rings is 1. The SMILES string of the molecule is CNC1CN(C(=O)c2cc3c(C)c(C)n(CCOC)c3c(NCc3c(C)cccc3C)n2)C1. The quantitative estimate of drug-likeness (QED) is 0.550. The van der Waals surface area contributed by atoms with Gasteiger partial charge in [-0.1, -0.05) is 18.2 Å². The number of likely N-dealkylation sites (N-methyl/N-ethyl adjacent to an activating group) is 1. The van der Waals surface area contributed by atoms with Gasteiger partial charge in [0.05, 0.1) is 12.1 Å². The van der Waals surface area contributed by atoms with Crippen LogP contribution in [0, 0.1) is 27.7 Å². The van der Waals surface area contributed by atoms with Crippen LogP contribution in [0.1, 0.15) is 38.4 Å². The second-order valence-electron chi connectivity index (χ2n) is 9.03. The van der Waals surface area contributed by atoms with Crippen molar-refractivity contribution < 1.29 is 9.53 Å². The maximum atomic E-state index is 13.2. The molecule has 1 amide bonds. The highest BCUT2D eigenvalue weighted by Crippen LogP contribution is 2.32. The summed E-state index contributed by atoms with van der Waals surface area (Å²) >= 11 is 0. The number of methoxy groups -OCH3 is 1. The van der Waals surface area contributed by atoms with E-state index in [0.717, 1.165) is 23.3 Å². The molecule has 0 spiro atoms. The topological polar surface area (TPSA) is 71.4 Å². The maximum absolute atomic E-state index is 13.2. The molecule has 2 N–H and O–H groups in total. The highest BCUT2D eigenvalue weighted by atomic mass is 16.5. The van der Waals surface area contributed by atoms with E-state index >= 15 is 0 Å². The molecule has 7 heteroatoms. The number of aryl methyl sites for hydroxylation is 3. The van der Waals surface area contributed by atoms with Gasteiger partial charge in [-0.05, 0) is 63.1 Å². The molecule has 7 nitrogen and oxygen atoms in total. The lowest BCUT2D eigenvalue weighted by atomic mass is 10.0. The number of pyridine rings is 1. The van der Waals surface area contributed by atoms with Gasteiger partial charge in [-0.2, -0.15) is 0 Å². The van der Waals surface area contributed by atoms with E-state index in [1.54, 1.807) is 7.11 Å². The molecule has 33 heavy (non-hydrogen) atoms. The molecule has 0 aliphatic carbocycles. The van der Waals surface area contributed by atoms with Gasteiger partial charge in [0.25, 0.3) is 5.91 Å². The number of carbonyl (C=O) groups is 1. The first-order valence-electron chi connectivity index (χ1n) is 11.6. The second kappa shape index (κ2) is 9.53. The van der Waals surface area contributed by atoms with Crippen LogP contribution in [0.25, 0.3) is 10.9 Å². The van der Waals surface area contributed by atoms with Gasteiger partial charge in [-0.25, -0.2) is 4.98 Å². The van der Waals surface area contributed by atoms with Crippen LogP contribution in [0.5, 0.6) is 0 Å². The van der Waals surface area contributed by atoms with E-state index in [0.29, 0.717) is 38.0 Å². The van der Waals surface area contributed by atoms with Crippen LogP contribution >= 0.6 is 0 Å². The molecule has 3 aromatic rings. The minimum absolute atomic E-state index is 0.0137. The van der Waals surface area contributed by atoms with Crippen LogP contribution in [0.2, 0.25) is 0 Å². The van der Waals surface area contributed by atoms with E-state index in [1.807, 2.05) is 18.0 Å². The summed E-state index contributed by atoms with van der Waals surface area (Å²) in [4.78, 5) is 19.9. The Morgan fingerprint density at radius 2 is 1.88 bits per heavy atom. The Labute approximate surface area is 196 Å². The lowest BCUT2D eigenvalue weighted by Crippen LogP contribution is -2.59. The summed E-state index contributed by atoms with van der Waals surface area (Å²) in [6, 6.07) is 8.66. The van der Waals surface area contributed by atoms with Crippen molar-refractivity contribution in [2.45, 2.75) is 46.8 Å². The van der Waals surface area contributed by atoms with Gasteiger partial charge in [0.1, 0.15) is 5.69 Å². The molecule has 0 atom stereocenters. The fraction of sp³-hybridized carbons (Fsp3) is 0.462.